The Bertz CT molecular complexity index is 951. The fourth-order valence-corrected chi connectivity index (χ4v) is 4.02. The number of anilines is 1. The molecule has 8 heteroatoms. The molecular weight excluding hydrogens is 436 g/mol. The van der Waals surface area contributed by atoms with Gasteiger partial charge in [-0.25, -0.2) is 4.79 Å². The molecule has 31 heavy (non-hydrogen) atoms. The van der Waals surface area contributed by atoms with Crippen LogP contribution in [0.1, 0.15) is 29.3 Å². The molecule has 6 nitrogen and oxygen atoms in total. The molecule has 0 unspecified atom stereocenters. The maximum absolute atomic E-state index is 12.9. The Kier molecular flexibility index (Phi) is 7.98. The van der Waals surface area contributed by atoms with E-state index in [9.17, 15) is 14.4 Å². The molecule has 164 valence electrons. The number of rotatable bonds is 8. The van der Waals surface area contributed by atoms with Crippen LogP contribution in [0.4, 0.5) is 5.69 Å². The highest BCUT2D eigenvalue weighted by molar-refractivity contribution is 7.98. The summed E-state index contributed by atoms with van der Waals surface area (Å²) in [5, 5.41) is 3.24. The maximum atomic E-state index is 12.9. The zero-order valence-electron chi connectivity index (χ0n) is 17.5. The van der Waals surface area contributed by atoms with E-state index in [0.29, 0.717) is 29.3 Å². The van der Waals surface area contributed by atoms with Gasteiger partial charge in [0.15, 0.2) is 6.10 Å². The molecule has 0 aromatic heterocycles. The van der Waals surface area contributed by atoms with Crippen molar-refractivity contribution in [1.29, 1.82) is 0 Å². The maximum Gasteiger partial charge on any atom is 0.329 e. The number of amides is 2. The molecule has 1 aliphatic rings. The van der Waals surface area contributed by atoms with Crippen LogP contribution in [0.5, 0.6) is 0 Å². The smallest absolute Gasteiger partial charge is 0.329 e. The minimum absolute atomic E-state index is 0.272. The highest BCUT2D eigenvalue weighted by Gasteiger charge is 2.32. The van der Waals surface area contributed by atoms with Crippen LogP contribution in [0.25, 0.3) is 0 Å². The van der Waals surface area contributed by atoms with Crippen LogP contribution in [-0.2, 0) is 20.7 Å². The second-order valence-corrected chi connectivity index (χ2v) is 8.68. The summed E-state index contributed by atoms with van der Waals surface area (Å²) in [6.07, 6.45) is 2.13. The van der Waals surface area contributed by atoms with Crippen LogP contribution in [0.2, 0.25) is 5.02 Å². The van der Waals surface area contributed by atoms with Crippen molar-refractivity contribution >= 4 is 46.8 Å². The molecule has 1 aliphatic heterocycles. The zero-order chi connectivity index (χ0) is 22.4. The van der Waals surface area contributed by atoms with E-state index in [1.54, 1.807) is 47.9 Å². The molecule has 2 aromatic rings. The number of carbonyl (C=O) groups is 3. The first-order valence-electron chi connectivity index (χ1n) is 10.1. The molecule has 0 radical (unpaired) electrons. The topological polar surface area (TPSA) is 75.7 Å². The molecule has 0 spiro atoms. The van der Waals surface area contributed by atoms with Gasteiger partial charge in [-0.3, -0.25) is 9.59 Å². The summed E-state index contributed by atoms with van der Waals surface area (Å²) >= 11 is 7.43. The van der Waals surface area contributed by atoms with Gasteiger partial charge >= 0.3 is 5.97 Å². The van der Waals surface area contributed by atoms with Gasteiger partial charge in [-0.1, -0.05) is 29.8 Å². The third-order valence-electron chi connectivity index (χ3n) is 5.10. The highest BCUT2D eigenvalue weighted by atomic mass is 35.5. The Balaban J connectivity index is 1.65. The third-order valence-corrected chi connectivity index (χ3v) is 6.00. The molecule has 0 fully saturated rings. The number of halogens is 1. The second kappa shape index (κ2) is 10.7. The van der Waals surface area contributed by atoms with Crippen LogP contribution in [0.15, 0.2) is 48.5 Å². The average molecular weight is 461 g/mol. The number of para-hydroxylation sites is 1. The lowest BCUT2D eigenvalue weighted by Crippen LogP contribution is -2.46. The minimum atomic E-state index is -0.956. The quantitative estimate of drug-likeness (QED) is 0.608. The monoisotopic (exact) mass is 460 g/mol. The van der Waals surface area contributed by atoms with Gasteiger partial charge in [0.2, 0.25) is 0 Å². The van der Waals surface area contributed by atoms with Gasteiger partial charge in [0.25, 0.3) is 11.8 Å². The van der Waals surface area contributed by atoms with E-state index in [0.717, 1.165) is 17.7 Å². The van der Waals surface area contributed by atoms with Gasteiger partial charge in [-0.15, -0.1) is 0 Å². The molecule has 0 aliphatic carbocycles. The number of benzene rings is 2. The van der Waals surface area contributed by atoms with Crippen LogP contribution >= 0.6 is 23.4 Å². The van der Waals surface area contributed by atoms with E-state index in [2.05, 4.69) is 5.32 Å². The van der Waals surface area contributed by atoms with Crippen molar-refractivity contribution in [2.45, 2.75) is 31.9 Å². The number of nitrogens with zero attached hydrogens (tertiary/aromatic N) is 1. The van der Waals surface area contributed by atoms with Crippen molar-refractivity contribution in [3.63, 3.8) is 0 Å². The van der Waals surface area contributed by atoms with Gasteiger partial charge in [0.05, 0.1) is 0 Å². The van der Waals surface area contributed by atoms with Crippen LogP contribution in [-0.4, -0.2) is 48.5 Å². The molecule has 2 amide bonds. The average Bonchev–Trinajstić information content (AvgIpc) is 3.20. The molecule has 1 heterocycles. The number of ether oxygens (including phenoxy) is 1. The van der Waals surface area contributed by atoms with Gasteiger partial charge in [0.1, 0.15) is 6.04 Å². The van der Waals surface area contributed by atoms with Gasteiger partial charge in [-0.05, 0) is 67.7 Å². The predicted molar refractivity (Wildman–Crippen MR) is 124 cm³/mol. The van der Waals surface area contributed by atoms with Gasteiger partial charge < -0.3 is 15.0 Å². The van der Waals surface area contributed by atoms with E-state index in [4.69, 9.17) is 16.3 Å². The largest absolute Gasteiger partial charge is 0.451 e. The molecule has 0 bridgehead atoms. The molecule has 2 atom stereocenters. The van der Waals surface area contributed by atoms with Crippen LogP contribution in [0, 0.1) is 0 Å². The Morgan fingerprint density at radius 1 is 1.16 bits per heavy atom. The Labute approximate surface area is 191 Å². The Morgan fingerprint density at radius 3 is 2.58 bits per heavy atom. The van der Waals surface area contributed by atoms with Crippen molar-refractivity contribution in [2.24, 2.45) is 0 Å². The summed E-state index contributed by atoms with van der Waals surface area (Å²) in [4.78, 5) is 39.9. The summed E-state index contributed by atoms with van der Waals surface area (Å²) in [5.41, 5.74) is 2.34. The number of nitrogens with one attached hydrogen (secondary N) is 1. The van der Waals surface area contributed by atoms with E-state index in [-0.39, 0.29) is 5.91 Å². The molecule has 3 rings (SSSR count). The fourth-order valence-electron chi connectivity index (χ4n) is 3.42. The van der Waals surface area contributed by atoms with Crippen molar-refractivity contribution in [3.8, 4) is 0 Å². The number of carbonyl (C=O) groups excluding carboxylic acids is 3. The van der Waals surface area contributed by atoms with Crippen LogP contribution in [0.3, 0.4) is 0 Å². The van der Waals surface area contributed by atoms with Gasteiger partial charge in [0, 0.05) is 22.8 Å². The zero-order valence-corrected chi connectivity index (χ0v) is 19.0. The van der Waals surface area contributed by atoms with Crippen molar-refractivity contribution < 1.29 is 19.1 Å². The van der Waals surface area contributed by atoms with Gasteiger partial charge in [-0.2, -0.15) is 11.8 Å². The third kappa shape index (κ3) is 5.80. The highest BCUT2D eigenvalue weighted by Crippen LogP contribution is 2.28. The molecular formula is C23H25ClN2O4S. The molecule has 2 aromatic carbocycles. The normalized spacial score (nSPS) is 14.5. The van der Waals surface area contributed by atoms with Crippen molar-refractivity contribution in [1.82, 2.24) is 5.32 Å². The molecule has 0 saturated heterocycles. The summed E-state index contributed by atoms with van der Waals surface area (Å²) in [7, 11) is 0. The number of thioether (sulfide) groups is 1. The molecule has 0 saturated carbocycles. The number of fused-ring (bicyclic) bond motifs is 1. The van der Waals surface area contributed by atoms with E-state index < -0.39 is 24.0 Å². The standard InChI is InChI=1S/C23H25ClN2O4S/c1-15(22(28)26-13-11-16-5-3-4-6-20(16)26)30-23(29)19(12-14-31-2)25-21(27)17-7-9-18(24)10-8-17/h3-10,15,19H,11-14H2,1-2H3,(H,25,27)/t15-,19-/m0/s1. The van der Waals surface area contributed by atoms with Crippen molar-refractivity contribution in [3.05, 3.63) is 64.7 Å². The molecule has 1 N–H and O–H groups in total. The SMILES string of the molecule is CSCC[C@H](NC(=O)c1ccc(Cl)cc1)C(=O)O[C@@H](C)C(=O)N1CCc2ccccc21. The predicted octanol–water partition coefficient (Wildman–Crippen LogP) is 3.71. The minimum Gasteiger partial charge on any atom is -0.451 e. The summed E-state index contributed by atoms with van der Waals surface area (Å²) in [6.45, 7) is 2.12. The van der Waals surface area contributed by atoms with Crippen LogP contribution < -0.4 is 10.2 Å². The number of hydrogen-bond donors (Lipinski definition) is 1. The number of hydrogen-bond acceptors (Lipinski definition) is 5. The van der Waals surface area contributed by atoms with E-state index in [1.807, 2.05) is 30.5 Å². The van der Waals surface area contributed by atoms with Crippen molar-refractivity contribution in [2.75, 3.05) is 23.5 Å². The first-order valence-corrected chi connectivity index (χ1v) is 11.8. The first-order chi connectivity index (χ1) is 14.9. The fraction of sp³-hybridized carbons (Fsp3) is 0.348. The summed E-state index contributed by atoms with van der Waals surface area (Å²) in [6, 6.07) is 13.3. The number of esters is 1. The lowest BCUT2D eigenvalue weighted by atomic mass is 10.1. The lowest BCUT2D eigenvalue weighted by Gasteiger charge is -2.24. The first kappa shape index (κ1) is 23.2. The van der Waals surface area contributed by atoms with E-state index in [1.165, 1.54) is 0 Å². The lowest BCUT2D eigenvalue weighted by molar-refractivity contribution is -0.155. The summed E-state index contributed by atoms with van der Waals surface area (Å²) in [5.74, 6) is -0.634. The Hall–Kier alpha value is -2.51. The Morgan fingerprint density at radius 2 is 1.87 bits per heavy atom. The van der Waals surface area contributed by atoms with E-state index >= 15 is 0 Å². The summed E-state index contributed by atoms with van der Waals surface area (Å²) < 4.78 is 5.48. The second-order valence-electron chi connectivity index (χ2n) is 7.26.